The van der Waals surface area contributed by atoms with Crippen molar-refractivity contribution in [2.24, 2.45) is 0 Å². The third-order valence-corrected chi connectivity index (χ3v) is 14.7. The summed E-state index contributed by atoms with van der Waals surface area (Å²) in [6.07, 6.45) is -2.10. The zero-order valence-corrected chi connectivity index (χ0v) is 35.9. The molecule has 0 fully saturated rings. The molecular formula is C39H33Cl4F3N4O5S3. The summed E-state index contributed by atoms with van der Waals surface area (Å²) in [6.45, 7) is 2.51. The normalized spacial score (nSPS) is 15.0. The van der Waals surface area contributed by atoms with Crippen molar-refractivity contribution in [2.75, 3.05) is 13.2 Å². The summed E-state index contributed by atoms with van der Waals surface area (Å²) < 4.78 is 94.1. The largest absolute Gasteiger partial charge is 0.492 e. The van der Waals surface area contributed by atoms with Gasteiger partial charge in [-0.3, -0.25) is 4.55 Å². The number of benzene rings is 2. The Kier molecular flexibility index (Phi) is 11.6. The van der Waals surface area contributed by atoms with E-state index >= 15 is 13.2 Å². The second-order valence-electron chi connectivity index (χ2n) is 14.1. The van der Waals surface area contributed by atoms with Crippen molar-refractivity contribution in [3.8, 4) is 44.0 Å². The summed E-state index contributed by atoms with van der Waals surface area (Å²) in [5.41, 5.74) is 4.07. The lowest BCUT2D eigenvalue weighted by Crippen LogP contribution is -2.23. The molecule has 19 heteroatoms. The molecule has 306 valence electrons. The van der Waals surface area contributed by atoms with Crippen molar-refractivity contribution in [3.05, 3.63) is 96.5 Å². The Hall–Kier alpha value is -3.28. The minimum atomic E-state index is -4.66. The molecular weight excluding hydrogens is 899 g/mol. The average molecular weight is 933 g/mol. The van der Waals surface area contributed by atoms with Gasteiger partial charge in [-0.05, 0) is 60.7 Å². The molecule has 2 unspecified atom stereocenters. The van der Waals surface area contributed by atoms with E-state index in [1.165, 1.54) is 22.9 Å². The summed E-state index contributed by atoms with van der Waals surface area (Å²) in [4.78, 5) is 1.15. The summed E-state index contributed by atoms with van der Waals surface area (Å²) in [7, 11) is -4.64. The molecule has 2 aromatic carbocycles. The van der Waals surface area contributed by atoms with Crippen molar-refractivity contribution in [1.29, 1.82) is 0 Å². The highest BCUT2D eigenvalue weighted by Crippen LogP contribution is 2.50. The standard InChI is InChI=1S/C39H33Cl4F3N4O5S3/c1-20(33-23-11-14-54-30-13-16-56-37(30)35(23)49(47-33)28-9-7-21(40)17-26(28)42)5-3-2-4-6-25(39(44,45)46)34-24-12-15-55-31-19-32(58(51,52)53)57-38(31)36(24)50(48-34)29-10-8-22(41)18-27(29)43/h7-10,13,16-20,25H,2-6,11-12,14-15H2,1H3,(H,51,52,53). The number of hydrogen-bond donors (Lipinski definition) is 1. The van der Waals surface area contributed by atoms with Gasteiger partial charge in [-0.15, -0.1) is 22.7 Å². The second-order valence-corrected chi connectivity index (χ2v) is 19.4. The average Bonchev–Trinajstić information content (AvgIpc) is 3.90. The van der Waals surface area contributed by atoms with Crippen LogP contribution in [0.3, 0.4) is 0 Å². The summed E-state index contributed by atoms with van der Waals surface area (Å²) in [6, 6.07) is 12.9. The number of alkyl halides is 3. The van der Waals surface area contributed by atoms with Gasteiger partial charge in [0, 0.05) is 46.0 Å². The number of thiophene rings is 2. The van der Waals surface area contributed by atoms with E-state index in [2.05, 4.69) is 12.0 Å². The highest BCUT2D eigenvalue weighted by molar-refractivity contribution is 7.88. The highest BCUT2D eigenvalue weighted by atomic mass is 35.5. The van der Waals surface area contributed by atoms with E-state index in [4.69, 9.17) is 61.0 Å². The zero-order chi connectivity index (χ0) is 41.1. The quantitative estimate of drug-likeness (QED) is 0.102. The van der Waals surface area contributed by atoms with Crippen LogP contribution in [0.25, 0.3) is 32.5 Å². The smallest absolute Gasteiger partial charge is 0.397 e. The summed E-state index contributed by atoms with van der Waals surface area (Å²) in [5.74, 6) is -1.08. The van der Waals surface area contributed by atoms with Gasteiger partial charge in [0.2, 0.25) is 0 Å². The fourth-order valence-corrected chi connectivity index (χ4v) is 11.3. The minimum Gasteiger partial charge on any atom is -0.492 e. The van der Waals surface area contributed by atoms with E-state index in [1.807, 2.05) is 22.2 Å². The number of hydrogen-bond acceptors (Lipinski definition) is 8. The predicted octanol–water partition coefficient (Wildman–Crippen LogP) is 12.6. The molecule has 58 heavy (non-hydrogen) atoms. The maximum absolute atomic E-state index is 15.1. The van der Waals surface area contributed by atoms with Gasteiger partial charge in [0.05, 0.1) is 73.1 Å². The van der Waals surface area contributed by atoms with Crippen molar-refractivity contribution in [3.63, 3.8) is 0 Å². The van der Waals surface area contributed by atoms with Crippen LogP contribution in [0.4, 0.5) is 13.2 Å². The van der Waals surface area contributed by atoms with Crippen LogP contribution >= 0.6 is 69.1 Å². The highest BCUT2D eigenvalue weighted by Gasteiger charge is 2.45. The molecule has 2 atom stereocenters. The lowest BCUT2D eigenvalue weighted by molar-refractivity contribution is -0.153. The van der Waals surface area contributed by atoms with Crippen molar-refractivity contribution in [1.82, 2.24) is 19.6 Å². The first-order chi connectivity index (χ1) is 27.6. The van der Waals surface area contributed by atoms with Crippen molar-refractivity contribution >= 4 is 79.2 Å². The first-order valence-corrected chi connectivity index (χ1v) is 22.9. The molecule has 0 bridgehead atoms. The minimum absolute atomic E-state index is 0.0239. The Morgan fingerprint density at radius 3 is 1.97 bits per heavy atom. The Bertz CT molecular complexity index is 2640. The Balaban J connectivity index is 1.06. The monoisotopic (exact) mass is 930 g/mol. The fourth-order valence-electron chi connectivity index (χ4n) is 7.65. The summed E-state index contributed by atoms with van der Waals surface area (Å²) >= 11 is 27.9. The van der Waals surface area contributed by atoms with Crippen LogP contribution in [-0.4, -0.2) is 51.9 Å². The lowest BCUT2D eigenvalue weighted by Gasteiger charge is -2.20. The van der Waals surface area contributed by atoms with Crippen LogP contribution in [0.5, 0.6) is 11.5 Å². The van der Waals surface area contributed by atoms with Crippen LogP contribution in [0.15, 0.2) is 58.1 Å². The van der Waals surface area contributed by atoms with Gasteiger partial charge in [0.1, 0.15) is 11.5 Å². The number of nitrogens with zero attached hydrogens (tertiary/aromatic N) is 4. The number of rotatable bonds is 11. The van der Waals surface area contributed by atoms with Crippen LogP contribution in [-0.2, 0) is 23.0 Å². The van der Waals surface area contributed by atoms with Gasteiger partial charge in [-0.1, -0.05) is 72.6 Å². The fraction of sp³-hybridized carbons (Fsp3) is 0.333. The molecule has 8 rings (SSSR count). The molecule has 1 N–H and O–H groups in total. The molecule has 9 nitrogen and oxygen atoms in total. The number of fused-ring (bicyclic) bond motifs is 6. The molecule has 0 spiro atoms. The maximum Gasteiger partial charge on any atom is 0.397 e. The van der Waals surface area contributed by atoms with E-state index in [9.17, 15) is 13.0 Å². The number of ether oxygens (including phenoxy) is 2. The molecule has 0 saturated carbocycles. The predicted molar refractivity (Wildman–Crippen MR) is 222 cm³/mol. The van der Waals surface area contributed by atoms with Gasteiger partial charge in [0.25, 0.3) is 0 Å². The molecule has 2 aliphatic heterocycles. The molecule has 0 aliphatic carbocycles. The van der Waals surface area contributed by atoms with Gasteiger partial charge < -0.3 is 9.47 Å². The first-order valence-electron chi connectivity index (χ1n) is 18.3. The third kappa shape index (κ3) is 8.01. The second kappa shape index (κ2) is 16.3. The SMILES string of the molecule is CC(CCCCCC(c1nn(-c2ccc(Cl)cc2Cl)c2c1CCOc1cc(S(=O)(=O)O)sc1-2)C(F)(F)F)c1nn(-c2ccc(Cl)cc2Cl)c2c1CCOc1ccsc1-2. The maximum atomic E-state index is 15.1. The first kappa shape index (κ1) is 41.5. The lowest BCUT2D eigenvalue weighted by atomic mass is 9.91. The van der Waals surface area contributed by atoms with Crippen LogP contribution in [0, 0.1) is 0 Å². The van der Waals surface area contributed by atoms with Gasteiger partial charge in [0.15, 0.2) is 4.21 Å². The molecule has 0 radical (unpaired) electrons. The van der Waals surface area contributed by atoms with Crippen LogP contribution in [0.2, 0.25) is 20.1 Å². The van der Waals surface area contributed by atoms with E-state index in [0.29, 0.717) is 64.4 Å². The summed E-state index contributed by atoms with van der Waals surface area (Å²) in [5, 5.41) is 13.0. The Morgan fingerprint density at radius 2 is 1.36 bits per heavy atom. The van der Waals surface area contributed by atoms with E-state index in [1.54, 1.807) is 23.5 Å². The number of halogens is 7. The van der Waals surface area contributed by atoms with E-state index in [-0.39, 0.29) is 70.1 Å². The zero-order valence-electron chi connectivity index (χ0n) is 30.5. The number of unbranched alkanes of at least 4 members (excludes halogenated alkanes) is 2. The van der Waals surface area contributed by atoms with E-state index in [0.717, 1.165) is 33.6 Å². The van der Waals surface area contributed by atoms with Crippen molar-refractivity contribution < 1.29 is 35.6 Å². The molecule has 0 saturated heterocycles. The molecule has 4 aromatic heterocycles. The topological polar surface area (TPSA) is 108 Å². The molecule has 2 aliphatic rings. The molecule has 0 amide bonds. The Labute approximate surface area is 360 Å². The van der Waals surface area contributed by atoms with Crippen LogP contribution in [0.1, 0.15) is 73.4 Å². The molecule has 6 heterocycles. The van der Waals surface area contributed by atoms with E-state index < -0.39 is 26.4 Å². The Morgan fingerprint density at radius 1 is 0.793 bits per heavy atom. The van der Waals surface area contributed by atoms with Crippen LogP contribution < -0.4 is 9.47 Å². The van der Waals surface area contributed by atoms with Gasteiger partial charge in [-0.2, -0.15) is 31.8 Å². The van der Waals surface area contributed by atoms with Gasteiger partial charge in [-0.25, -0.2) is 9.36 Å². The third-order valence-electron chi connectivity index (χ3n) is 10.3. The van der Waals surface area contributed by atoms with Crippen molar-refractivity contribution in [2.45, 2.75) is 74.1 Å². The number of aromatic nitrogens is 4. The van der Waals surface area contributed by atoms with Gasteiger partial charge >= 0.3 is 16.3 Å². The molecule has 6 aromatic rings.